The maximum absolute atomic E-state index is 12.7. The lowest BCUT2D eigenvalue weighted by Gasteiger charge is -2.19. The molecular formula is C20H16Cl2N4O. The van der Waals surface area contributed by atoms with Crippen LogP contribution in [0, 0.1) is 6.92 Å². The van der Waals surface area contributed by atoms with Gasteiger partial charge in [-0.2, -0.15) is 0 Å². The summed E-state index contributed by atoms with van der Waals surface area (Å²) >= 11 is 12.1. The van der Waals surface area contributed by atoms with E-state index >= 15 is 0 Å². The molecule has 0 spiro atoms. The molecule has 0 fully saturated rings. The van der Waals surface area contributed by atoms with Gasteiger partial charge in [0, 0.05) is 23.3 Å². The first-order chi connectivity index (χ1) is 13.0. The minimum absolute atomic E-state index is 0.276. The van der Waals surface area contributed by atoms with E-state index in [9.17, 15) is 4.79 Å². The fourth-order valence-electron chi connectivity index (χ4n) is 3.16. The minimum atomic E-state index is -0.363. The fraction of sp³-hybridized carbons (Fsp3) is 0.150. The van der Waals surface area contributed by atoms with Gasteiger partial charge in [-0.3, -0.25) is 4.79 Å². The number of aromatic nitrogens is 2. The van der Waals surface area contributed by atoms with Gasteiger partial charge in [0.05, 0.1) is 10.7 Å². The summed E-state index contributed by atoms with van der Waals surface area (Å²) < 4.78 is 0. The molecule has 7 heteroatoms. The van der Waals surface area contributed by atoms with Gasteiger partial charge in [-0.15, -0.1) is 0 Å². The normalized spacial score (nSPS) is 12.8. The van der Waals surface area contributed by atoms with E-state index < -0.39 is 0 Å². The topological polar surface area (TPSA) is 58.1 Å². The Labute approximate surface area is 167 Å². The van der Waals surface area contributed by atoms with E-state index in [4.69, 9.17) is 23.2 Å². The van der Waals surface area contributed by atoms with Gasteiger partial charge in [-0.1, -0.05) is 41.4 Å². The van der Waals surface area contributed by atoms with Gasteiger partial charge in [0.2, 0.25) is 0 Å². The van der Waals surface area contributed by atoms with Crippen molar-refractivity contribution in [2.75, 3.05) is 16.8 Å². The van der Waals surface area contributed by atoms with E-state index in [1.54, 1.807) is 31.2 Å². The number of carbonyl (C=O) groups is 1. The van der Waals surface area contributed by atoms with Gasteiger partial charge >= 0.3 is 0 Å². The molecule has 0 radical (unpaired) electrons. The average molecular weight is 399 g/mol. The lowest BCUT2D eigenvalue weighted by atomic mass is 10.2. The summed E-state index contributed by atoms with van der Waals surface area (Å²) in [6.07, 6.45) is 0.943. The number of benzene rings is 2. The molecular weight excluding hydrogens is 383 g/mol. The average Bonchev–Trinajstić information content (AvgIpc) is 3.08. The number of rotatable bonds is 3. The van der Waals surface area contributed by atoms with E-state index in [0.29, 0.717) is 27.4 Å². The van der Waals surface area contributed by atoms with E-state index in [-0.39, 0.29) is 11.6 Å². The molecule has 27 heavy (non-hydrogen) atoms. The number of fused-ring (bicyclic) bond motifs is 1. The predicted octanol–water partition coefficient (Wildman–Crippen LogP) is 5.04. The Bertz CT molecular complexity index is 1040. The highest BCUT2D eigenvalue weighted by molar-refractivity contribution is 6.35. The van der Waals surface area contributed by atoms with Crippen molar-refractivity contribution in [3.63, 3.8) is 0 Å². The van der Waals surface area contributed by atoms with Crippen molar-refractivity contribution in [2.45, 2.75) is 13.3 Å². The predicted molar refractivity (Wildman–Crippen MR) is 108 cm³/mol. The Morgan fingerprint density at radius 3 is 2.78 bits per heavy atom. The summed E-state index contributed by atoms with van der Waals surface area (Å²) in [6.45, 7) is 2.59. The summed E-state index contributed by atoms with van der Waals surface area (Å²) in [7, 11) is 0. The van der Waals surface area contributed by atoms with E-state index in [1.807, 2.05) is 12.1 Å². The second-order valence-electron chi connectivity index (χ2n) is 6.27. The van der Waals surface area contributed by atoms with Crippen LogP contribution in [0.2, 0.25) is 10.0 Å². The monoisotopic (exact) mass is 398 g/mol. The Kier molecular flexibility index (Phi) is 4.72. The lowest BCUT2D eigenvalue weighted by molar-refractivity contribution is 0.102. The van der Waals surface area contributed by atoms with Crippen LogP contribution >= 0.6 is 23.2 Å². The van der Waals surface area contributed by atoms with Crippen molar-refractivity contribution >= 4 is 46.3 Å². The van der Waals surface area contributed by atoms with Crippen LogP contribution < -0.4 is 10.2 Å². The third-order valence-electron chi connectivity index (χ3n) is 4.40. The zero-order valence-corrected chi connectivity index (χ0v) is 16.1. The zero-order valence-electron chi connectivity index (χ0n) is 14.5. The number of nitrogens with zero attached hydrogens (tertiary/aromatic N) is 3. The van der Waals surface area contributed by atoms with Crippen molar-refractivity contribution in [1.82, 2.24) is 9.97 Å². The van der Waals surface area contributed by atoms with Crippen LogP contribution in [-0.2, 0) is 6.42 Å². The molecule has 1 amide bonds. The Morgan fingerprint density at radius 1 is 1.11 bits per heavy atom. The van der Waals surface area contributed by atoms with Crippen LogP contribution in [0.5, 0.6) is 0 Å². The molecule has 136 valence electrons. The van der Waals surface area contributed by atoms with Crippen LogP contribution in [-0.4, -0.2) is 22.4 Å². The van der Waals surface area contributed by atoms with Crippen LogP contribution in [0.15, 0.2) is 48.5 Å². The first-order valence-corrected chi connectivity index (χ1v) is 9.24. The SMILES string of the molecule is Cc1nc(C(=O)Nc2cc(Cl)ccc2Cl)cc(N2CCc3ccccc32)n1. The van der Waals surface area contributed by atoms with Crippen LogP contribution in [0.25, 0.3) is 0 Å². The summed E-state index contributed by atoms with van der Waals surface area (Å²) in [4.78, 5) is 23.6. The molecule has 0 bridgehead atoms. The van der Waals surface area contributed by atoms with Gasteiger partial charge in [0.25, 0.3) is 5.91 Å². The molecule has 3 aromatic rings. The number of anilines is 3. The standard InChI is InChI=1S/C20H16Cl2N4O/c1-12-23-17(20(27)25-16-10-14(21)6-7-15(16)22)11-19(24-12)26-9-8-13-4-2-3-5-18(13)26/h2-7,10-11H,8-9H2,1H3,(H,25,27). The summed E-state index contributed by atoms with van der Waals surface area (Å²) in [5.41, 5.74) is 3.10. The van der Waals surface area contributed by atoms with Crippen LogP contribution in [0.3, 0.4) is 0 Å². The second kappa shape index (κ2) is 7.18. The molecule has 0 atom stereocenters. The van der Waals surface area contributed by atoms with Gasteiger partial charge in [-0.25, -0.2) is 9.97 Å². The lowest BCUT2D eigenvalue weighted by Crippen LogP contribution is -2.19. The number of amides is 1. The molecule has 2 heterocycles. The summed E-state index contributed by atoms with van der Waals surface area (Å²) in [6, 6.07) is 14.8. The maximum Gasteiger partial charge on any atom is 0.274 e. The molecule has 0 saturated heterocycles. The highest BCUT2D eigenvalue weighted by Crippen LogP contribution is 2.33. The van der Waals surface area contributed by atoms with Crippen molar-refractivity contribution in [2.24, 2.45) is 0 Å². The van der Waals surface area contributed by atoms with Gasteiger partial charge in [0.1, 0.15) is 17.3 Å². The Morgan fingerprint density at radius 2 is 1.93 bits per heavy atom. The molecule has 1 N–H and O–H groups in total. The van der Waals surface area contributed by atoms with Crippen molar-refractivity contribution in [3.05, 3.63) is 75.7 Å². The largest absolute Gasteiger partial charge is 0.326 e. The molecule has 0 aliphatic carbocycles. The van der Waals surface area contributed by atoms with Crippen molar-refractivity contribution in [3.8, 4) is 0 Å². The quantitative estimate of drug-likeness (QED) is 0.671. The van der Waals surface area contributed by atoms with Gasteiger partial charge < -0.3 is 10.2 Å². The third kappa shape index (κ3) is 3.61. The Hall–Kier alpha value is -2.63. The first-order valence-electron chi connectivity index (χ1n) is 8.49. The van der Waals surface area contributed by atoms with Crippen LogP contribution in [0.1, 0.15) is 21.9 Å². The second-order valence-corrected chi connectivity index (χ2v) is 7.11. The summed E-state index contributed by atoms with van der Waals surface area (Å²) in [5.74, 6) is 0.868. The zero-order chi connectivity index (χ0) is 19.0. The Balaban J connectivity index is 1.65. The van der Waals surface area contributed by atoms with Gasteiger partial charge in [0.15, 0.2) is 0 Å². The molecule has 2 aromatic carbocycles. The first kappa shape index (κ1) is 17.8. The number of para-hydroxylation sites is 1. The van der Waals surface area contributed by atoms with E-state index in [0.717, 1.165) is 18.7 Å². The highest BCUT2D eigenvalue weighted by atomic mass is 35.5. The van der Waals surface area contributed by atoms with Crippen molar-refractivity contribution in [1.29, 1.82) is 0 Å². The molecule has 5 nitrogen and oxygen atoms in total. The minimum Gasteiger partial charge on any atom is -0.326 e. The maximum atomic E-state index is 12.7. The number of carbonyl (C=O) groups excluding carboxylic acids is 1. The van der Waals surface area contributed by atoms with Crippen molar-refractivity contribution < 1.29 is 4.79 Å². The van der Waals surface area contributed by atoms with E-state index in [2.05, 4.69) is 32.3 Å². The number of hydrogen-bond acceptors (Lipinski definition) is 4. The fourth-order valence-corrected chi connectivity index (χ4v) is 3.50. The van der Waals surface area contributed by atoms with Crippen LogP contribution in [0.4, 0.5) is 17.2 Å². The molecule has 1 aliphatic heterocycles. The number of hydrogen-bond donors (Lipinski definition) is 1. The molecule has 1 aromatic heterocycles. The van der Waals surface area contributed by atoms with E-state index in [1.165, 1.54) is 5.56 Å². The number of nitrogens with one attached hydrogen (secondary N) is 1. The van der Waals surface area contributed by atoms with Gasteiger partial charge in [-0.05, 0) is 43.2 Å². The smallest absolute Gasteiger partial charge is 0.274 e. The molecule has 4 rings (SSSR count). The third-order valence-corrected chi connectivity index (χ3v) is 4.96. The molecule has 0 unspecified atom stereocenters. The number of halogens is 2. The molecule has 0 saturated carbocycles. The molecule has 1 aliphatic rings. The number of aryl methyl sites for hydroxylation is 1. The summed E-state index contributed by atoms with van der Waals surface area (Å²) in [5, 5.41) is 3.67. The highest BCUT2D eigenvalue weighted by Gasteiger charge is 2.23.